The van der Waals surface area contributed by atoms with Crippen LogP contribution in [0.1, 0.15) is 20.7 Å². The maximum absolute atomic E-state index is 13.7. The second-order valence-corrected chi connectivity index (χ2v) is 12.2. The highest BCUT2D eigenvalue weighted by molar-refractivity contribution is 5.96. The van der Waals surface area contributed by atoms with Crippen molar-refractivity contribution < 1.29 is 38.0 Å². The van der Waals surface area contributed by atoms with E-state index in [0.717, 1.165) is 35.3 Å². The van der Waals surface area contributed by atoms with Gasteiger partial charge in [-0.3, -0.25) is 14.5 Å². The first-order chi connectivity index (χ1) is 24.3. The zero-order valence-electron chi connectivity index (χ0n) is 29.4. The van der Waals surface area contributed by atoms with Crippen LogP contribution < -0.4 is 28.4 Å². The molecule has 0 radical (unpaired) electrons. The van der Waals surface area contributed by atoms with Gasteiger partial charge in [0.05, 0.1) is 42.7 Å². The van der Waals surface area contributed by atoms with Gasteiger partial charge >= 0.3 is 0 Å². The molecule has 50 heavy (non-hydrogen) atoms. The van der Waals surface area contributed by atoms with E-state index in [2.05, 4.69) is 4.90 Å². The van der Waals surface area contributed by atoms with Crippen LogP contribution in [0.5, 0.6) is 34.5 Å². The van der Waals surface area contributed by atoms with E-state index in [0.29, 0.717) is 71.8 Å². The van der Waals surface area contributed by atoms with Crippen LogP contribution in [-0.4, -0.2) is 114 Å². The summed E-state index contributed by atoms with van der Waals surface area (Å²) >= 11 is 0. The molecule has 11 nitrogen and oxygen atoms in total. The fourth-order valence-corrected chi connectivity index (χ4v) is 6.80. The van der Waals surface area contributed by atoms with Gasteiger partial charge < -0.3 is 38.2 Å². The SMILES string of the molecule is COc1cc(-c2ccc(C(=O)N3CCN4CCN(C(=O)c5ccc(-c6cc(OC)c(OC)c(OC)c6)cc5)CC4C3)cc2)cc(OC)c1OC. The summed E-state index contributed by atoms with van der Waals surface area (Å²) in [4.78, 5) is 33.5. The number of fused-ring (bicyclic) bond motifs is 1. The maximum atomic E-state index is 13.7. The van der Waals surface area contributed by atoms with E-state index >= 15 is 0 Å². The molecule has 0 N–H and O–H groups in total. The number of carbonyl (C=O) groups is 2. The summed E-state index contributed by atoms with van der Waals surface area (Å²) in [6, 6.07) is 22.7. The molecule has 0 bridgehead atoms. The molecule has 0 spiro atoms. The molecule has 0 aromatic heterocycles. The Morgan fingerprint density at radius 3 is 1.12 bits per heavy atom. The molecule has 6 rings (SSSR count). The number of methoxy groups -OCH3 is 6. The van der Waals surface area contributed by atoms with Crippen LogP contribution >= 0.6 is 0 Å². The van der Waals surface area contributed by atoms with Gasteiger partial charge in [0.15, 0.2) is 23.0 Å². The van der Waals surface area contributed by atoms with Gasteiger partial charge in [-0.1, -0.05) is 24.3 Å². The van der Waals surface area contributed by atoms with Gasteiger partial charge in [0.2, 0.25) is 11.5 Å². The van der Waals surface area contributed by atoms with Gasteiger partial charge in [-0.25, -0.2) is 0 Å². The minimum atomic E-state index is -0.0214. The first-order valence-electron chi connectivity index (χ1n) is 16.5. The number of ether oxygens (including phenoxy) is 6. The van der Waals surface area contributed by atoms with Crippen LogP contribution in [0.2, 0.25) is 0 Å². The number of rotatable bonds is 10. The molecule has 0 atom stereocenters. The van der Waals surface area contributed by atoms with Crippen molar-refractivity contribution in [1.29, 1.82) is 0 Å². The zero-order chi connectivity index (χ0) is 35.4. The molecule has 0 unspecified atom stereocenters. The smallest absolute Gasteiger partial charge is 0.253 e. The lowest BCUT2D eigenvalue weighted by atomic mass is 10.0. The Kier molecular flexibility index (Phi) is 10.3. The lowest BCUT2D eigenvalue weighted by molar-refractivity contribution is 0.0131. The van der Waals surface area contributed by atoms with Crippen LogP contribution in [0.3, 0.4) is 0 Å². The number of benzene rings is 4. The average molecular weight is 682 g/mol. The van der Waals surface area contributed by atoms with Crippen molar-refractivity contribution in [3.63, 3.8) is 0 Å². The van der Waals surface area contributed by atoms with Gasteiger partial charge in [0.1, 0.15) is 0 Å². The van der Waals surface area contributed by atoms with Crippen molar-refractivity contribution >= 4 is 11.8 Å². The number of carbonyl (C=O) groups excluding carboxylic acids is 2. The van der Waals surface area contributed by atoms with Crippen molar-refractivity contribution in [2.45, 2.75) is 6.04 Å². The van der Waals surface area contributed by atoms with Gasteiger partial charge in [0.25, 0.3) is 11.8 Å². The van der Waals surface area contributed by atoms with Crippen LogP contribution in [0.15, 0.2) is 72.8 Å². The Morgan fingerprint density at radius 2 is 0.820 bits per heavy atom. The van der Waals surface area contributed by atoms with Gasteiger partial charge in [-0.2, -0.15) is 0 Å². The Morgan fingerprint density at radius 1 is 0.480 bits per heavy atom. The van der Waals surface area contributed by atoms with Crippen molar-refractivity contribution in [2.24, 2.45) is 0 Å². The molecule has 2 heterocycles. The van der Waals surface area contributed by atoms with Crippen molar-refractivity contribution in [2.75, 3.05) is 81.9 Å². The van der Waals surface area contributed by atoms with Crippen LogP contribution in [0, 0.1) is 0 Å². The topological polar surface area (TPSA) is 99.2 Å². The summed E-state index contributed by atoms with van der Waals surface area (Å²) in [6.45, 7) is 3.92. The molecule has 2 aliphatic rings. The number of nitrogens with zero attached hydrogens (tertiary/aromatic N) is 3. The fraction of sp³-hybridized carbons (Fsp3) is 0.333. The molecule has 0 aliphatic carbocycles. The Bertz CT molecular complexity index is 1660. The molecule has 2 aliphatic heterocycles. The summed E-state index contributed by atoms with van der Waals surface area (Å²) in [5.41, 5.74) is 4.84. The first-order valence-corrected chi connectivity index (χ1v) is 16.5. The van der Waals surface area contributed by atoms with E-state index in [4.69, 9.17) is 28.4 Å². The number of amides is 2. The second kappa shape index (κ2) is 15.0. The third-order valence-corrected chi connectivity index (χ3v) is 9.53. The normalized spacial score (nSPS) is 14.8. The quantitative estimate of drug-likeness (QED) is 0.219. The molecule has 4 aromatic carbocycles. The van der Waals surface area contributed by atoms with Gasteiger partial charge in [-0.15, -0.1) is 0 Å². The summed E-state index contributed by atoms with van der Waals surface area (Å²) in [7, 11) is 9.48. The first kappa shape index (κ1) is 34.4. The summed E-state index contributed by atoms with van der Waals surface area (Å²) in [5.74, 6) is 3.26. The Balaban J connectivity index is 1.11. The molecule has 0 saturated carbocycles. The average Bonchev–Trinajstić information content (AvgIpc) is 3.18. The number of piperazine rings is 2. The Hall–Kier alpha value is -5.42. The minimum Gasteiger partial charge on any atom is -0.493 e. The highest BCUT2D eigenvalue weighted by atomic mass is 16.5. The van der Waals surface area contributed by atoms with E-state index in [-0.39, 0.29) is 17.9 Å². The van der Waals surface area contributed by atoms with E-state index in [1.54, 1.807) is 42.7 Å². The number of hydrogen-bond acceptors (Lipinski definition) is 9. The largest absolute Gasteiger partial charge is 0.493 e. The Labute approximate surface area is 292 Å². The van der Waals surface area contributed by atoms with Crippen LogP contribution in [0.4, 0.5) is 0 Å². The lowest BCUT2D eigenvalue weighted by Gasteiger charge is -2.47. The van der Waals surface area contributed by atoms with Crippen LogP contribution in [0.25, 0.3) is 22.3 Å². The number of hydrogen-bond donors (Lipinski definition) is 0. The molecule has 2 amide bonds. The predicted octanol–water partition coefficient (Wildman–Crippen LogP) is 5.35. The molecule has 262 valence electrons. The van der Waals surface area contributed by atoms with E-state index < -0.39 is 0 Å². The molecule has 2 saturated heterocycles. The highest BCUT2D eigenvalue weighted by Crippen LogP contribution is 2.42. The zero-order valence-corrected chi connectivity index (χ0v) is 29.4. The fourth-order valence-electron chi connectivity index (χ4n) is 6.80. The van der Waals surface area contributed by atoms with E-state index in [1.165, 1.54) is 0 Å². The van der Waals surface area contributed by atoms with Crippen molar-refractivity contribution in [1.82, 2.24) is 14.7 Å². The van der Waals surface area contributed by atoms with Gasteiger partial charge in [-0.05, 0) is 70.8 Å². The summed E-state index contributed by atoms with van der Waals surface area (Å²) < 4.78 is 32.9. The summed E-state index contributed by atoms with van der Waals surface area (Å²) in [5, 5.41) is 0. The monoisotopic (exact) mass is 681 g/mol. The van der Waals surface area contributed by atoms with Gasteiger partial charge in [0, 0.05) is 56.4 Å². The van der Waals surface area contributed by atoms with Crippen molar-refractivity contribution in [3.05, 3.63) is 83.9 Å². The van der Waals surface area contributed by atoms with Crippen LogP contribution in [-0.2, 0) is 0 Å². The molecular formula is C39H43N3O8. The second-order valence-electron chi connectivity index (χ2n) is 12.2. The summed E-state index contributed by atoms with van der Waals surface area (Å²) in [6.07, 6.45) is 0. The predicted molar refractivity (Wildman–Crippen MR) is 190 cm³/mol. The standard InChI is InChI=1S/C39H43N3O8/c1-45-32-19-29(20-33(46-2)36(32)49-5)25-7-11-27(12-8-25)38(43)41-17-15-40-16-18-42(24-31(40)23-41)39(44)28-13-9-26(10-14-28)30-21-34(47-3)37(50-6)35(22-30)48-4/h7-14,19-22,31H,15-18,23-24H2,1-6H3. The van der Waals surface area contributed by atoms with Crippen molar-refractivity contribution in [3.8, 4) is 56.8 Å². The lowest BCUT2D eigenvalue weighted by Crippen LogP contribution is -2.63. The molecular weight excluding hydrogens is 638 g/mol. The third kappa shape index (κ3) is 6.73. The molecule has 2 fully saturated rings. The maximum Gasteiger partial charge on any atom is 0.253 e. The minimum absolute atomic E-state index is 0.0214. The molecule has 11 heteroatoms. The van der Waals surface area contributed by atoms with E-state index in [9.17, 15) is 9.59 Å². The van der Waals surface area contributed by atoms with E-state index in [1.807, 2.05) is 82.6 Å². The third-order valence-electron chi connectivity index (χ3n) is 9.53. The highest BCUT2D eigenvalue weighted by Gasteiger charge is 2.35. The molecule has 4 aromatic rings.